The van der Waals surface area contributed by atoms with Crippen LogP contribution < -0.4 is 0 Å². The van der Waals surface area contributed by atoms with Gasteiger partial charge in [-0.25, -0.2) is 4.39 Å². The van der Waals surface area contributed by atoms with Gasteiger partial charge in [-0.3, -0.25) is 4.79 Å². The van der Waals surface area contributed by atoms with Crippen LogP contribution in [0.4, 0.5) is 4.39 Å². The van der Waals surface area contributed by atoms with Gasteiger partial charge < -0.3 is 10.0 Å². The summed E-state index contributed by atoms with van der Waals surface area (Å²) in [5, 5.41) is 9.20. The maximum Gasteiger partial charge on any atom is 0.232 e. The molecule has 1 aromatic carbocycles. The van der Waals surface area contributed by atoms with Crippen molar-refractivity contribution in [3.63, 3.8) is 0 Å². The molecule has 1 saturated heterocycles. The lowest BCUT2D eigenvalue weighted by Gasteiger charge is -2.40. The van der Waals surface area contributed by atoms with Gasteiger partial charge in [0.1, 0.15) is 5.82 Å². The number of halogens is 1. The van der Waals surface area contributed by atoms with E-state index < -0.39 is 11.5 Å². The van der Waals surface area contributed by atoms with Crippen molar-refractivity contribution in [1.82, 2.24) is 4.90 Å². The molecule has 1 aliphatic heterocycles. The van der Waals surface area contributed by atoms with Crippen molar-refractivity contribution in [2.75, 3.05) is 13.1 Å². The van der Waals surface area contributed by atoms with Crippen LogP contribution in [0, 0.1) is 5.82 Å². The van der Waals surface area contributed by atoms with Crippen LogP contribution >= 0.6 is 0 Å². The number of aliphatic hydroxyl groups is 1. The lowest BCUT2D eigenvalue weighted by molar-refractivity contribution is -0.146. The van der Waals surface area contributed by atoms with Gasteiger partial charge in [0.15, 0.2) is 0 Å². The van der Waals surface area contributed by atoms with E-state index in [1.165, 1.54) is 12.1 Å². The van der Waals surface area contributed by atoms with Crippen molar-refractivity contribution in [2.45, 2.75) is 25.4 Å². The van der Waals surface area contributed by atoms with Gasteiger partial charge in [0.25, 0.3) is 0 Å². The third-order valence-corrected chi connectivity index (χ3v) is 3.25. The van der Waals surface area contributed by atoms with Crippen LogP contribution in [0.5, 0.6) is 0 Å². The molecule has 0 aromatic heterocycles. The summed E-state index contributed by atoms with van der Waals surface area (Å²) < 4.78 is 12.8. The van der Waals surface area contributed by atoms with E-state index in [1.807, 2.05) is 13.8 Å². The molecule has 1 N–H and O–H groups in total. The minimum Gasteiger partial charge on any atom is -0.389 e. The first-order valence-electron chi connectivity index (χ1n) is 5.65. The minimum atomic E-state index is -0.687. The Labute approximate surface area is 99.9 Å². The van der Waals surface area contributed by atoms with E-state index in [0.29, 0.717) is 13.1 Å². The van der Waals surface area contributed by atoms with Crippen LogP contribution in [0.2, 0.25) is 0 Å². The summed E-state index contributed by atoms with van der Waals surface area (Å²) in [5.41, 5.74) is 0.0960. The number of hydrogen-bond acceptors (Lipinski definition) is 2. The predicted octanol–water partition coefficient (Wildman–Crippen LogP) is 1.31. The predicted molar refractivity (Wildman–Crippen MR) is 62.0 cm³/mol. The maximum atomic E-state index is 12.8. The van der Waals surface area contributed by atoms with Crippen LogP contribution in [0.3, 0.4) is 0 Å². The monoisotopic (exact) mass is 237 g/mol. The molecular formula is C13H16FNO2. The molecule has 0 aliphatic carbocycles. The van der Waals surface area contributed by atoms with Gasteiger partial charge in [-0.1, -0.05) is 12.1 Å². The number of nitrogens with zero attached hydrogens (tertiary/aromatic N) is 1. The Balaban J connectivity index is 2.17. The Kier molecular flexibility index (Phi) is 2.91. The van der Waals surface area contributed by atoms with Gasteiger partial charge in [-0.15, -0.1) is 0 Å². The summed E-state index contributed by atoms with van der Waals surface area (Å²) >= 11 is 0. The topological polar surface area (TPSA) is 40.5 Å². The second kappa shape index (κ2) is 4.11. The van der Waals surface area contributed by atoms with Crippen LogP contribution in [0.1, 0.15) is 19.4 Å². The highest BCUT2D eigenvalue weighted by molar-refractivity contribution is 5.88. The molecule has 1 aliphatic rings. The number of benzene rings is 1. The average Bonchev–Trinajstić information content (AvgIpc) is 2.24. The molecule has 2 rings (SSSR count). The summed E-state index contributed by atoms with van der Waals surface area (Å²) in [6.45, 7) is 4.41. The van der Waals surface area contributed by atoms with Crippen molar-refractivity contribution < 1.29 is 14.3 Å². The number of carbonyl (C=O) groups excluding carboxylic acids is 1. The molecule has 4 heteroatoms. The van der Waals surface area contributed by atoms with Gasteiger partial charge in [0.05, 0.1) is 11.5 Å². The van der Waals surface area contributed by atoms with Gasteiger partial charge in [-0.2, -0.15) is 0 Å². The standard InChI is InChI=1S/C13H16FNO2/c1-13(2,9-3-5-10(14)6-4-9)12(17)15-7-11(16)8-15/h3-6,11,16H,7-8H2,1-2H3. The second-order valence-electron chi connectivity index (χ2n) is 5.00. The fourth-order valence-electron chi connectivity index (χ4n) is 2.01. The highest BCUT2D eigenvalue weighted by Gasteiger charge is 2.38. The van der Waals surface area contributed by atoms with Crippen molar-refractivity contribution in [3.8, 4) is 0 Å². The average molecular weight is 237 g/mol. The van der Waals surface area contributed by atoms with Crippen molar-refractivity contribution in [2.24, 2.45) is 0 Å². The Bertz CT molecular complexity index is 422. The molecule has 1 amide bonds. The third-order valence-electron chi connectivity index (χ3n) is 3.25. The zero-order valence-electron chi connectivity index (χ0n) is 9.98. The lowest BCUT2D eigenvalue weighted by Crippen LogP contribution is -2.57. The summed E-state index contributed by atoms with van der Waals surface area (Å²) in [7, 11) is 0. The number of hydrogen-bond donors (Lipinski definition) is 1. The van der Waals surface area contributed by atoms with Gasteiger partial charge in [0, 0.05) is 13.1 Å². The molecule has 1 fully saturated rings. The van der Waals surface area contributed by atoms with Crippen molar-refractivity contribution in [1.29, 1.82) is 0 Å². The number of β-amino-alcohol motifs (C(OH)–C–C–N with tert-alkyl or cyclic N) is 1. The van der Waals surface area contributed by atoms with Crippen LogP contribution in [0.15, 0.2) is 24.3 Å². The van der Waals surface area contributed by atoms with Gasteiger partial charge in [0.2, 0.25) is 5.91 Å². The normalized spacial score (nSPS) is 16.8. The first-order chi connectivity index (χ1) is 7.91. The molecule has 17 heavy (non-hydrogen) atoms. The fraction of sp³-hybridized carbons (Fsp3) is 0.462. The van der Waals surface area contributed by atoms with Gasteiger partial charge in [-0.05, 0) is 31.5 Å². The summed E-state index contributed by atoms with van der Waals surface area (Å²) in [6.07, 6.45) is -0.400. The number of carbonyl (C=O) groups is 1. The summed E-state index contributed by atoms with van der Waals surface area (Å²) in [6, 6.07) is 5.97. The van der Waals surface area contributed by atoms with Crippen molar-refractivity contribution >= 4 is 5.91 Å². The Morgan fingerprint density at radius 2 is 1.88 bits per heavy atom. The Hall–Kier alpha value is -1.42. The van der Waals surface area contributed by atoms with Crippen molar-refractivity contribution in [3.05, 3.63) is 35.6 Å². The fourth-order valence-corrected chi connectivity index (χ4v) is 2.01. The number of likely N-dealkylation sites (tertiary alicyclic amines) is 1. The maximum absolute atomic E-state index is 12.8. The minimum absolute atomic E-state index is 0.0330. The molecule has 0 bridgehead atoms. The highest BCUT2D eigenvalue weighted by atomic mass is 19.1. The number of aliphatic hydroxyl groups excluding tert-OH is 1. The molecule has 3 nitrogen and oxygen atoms in total. The Morgan fingerprint density at radius 1 is 1.35 bits per heavy atom. The molecule has 0 saturated carbocycles. The van der Waals surface area contributed by atoms with E-state index in [1.54, 1.807) is 17.0 Å². The molecule has 0 atom stereocenters. The number of amides is 1. The zero-order chi connectivity index (χ0) is 12.6. The number of rotatable bonds is 2. The molecular weight excluding hydrogens is 221 g/mol. The first-order valence-corrected chi connectivity index (χ1v) is 5.65. The van der Waals surface area contributed by atoms with E-state index in [9.17, 15) is 14.3 Å². The van der Waals surface area contributed by atoms with E-state index in [2.05, 4.69) is 0 Å². The zero-order valence-corrected chi connectivity index (χ0v) is 9.98. The first kappa shape index (κ1) is 12.0. The van der Waals surface area contributed by atoms with E-state index in [0.717, 1.165) is 5.56 Å². The molecule has 92 valence electrons. The smallest absolute Gasteiger partial charge is 0.232 e. The highest BCUT2D eigenvalue weighted by Crippen LogP contribution is 2.27. The third kappa shape index (κ3) is 2.17. The molecule has 0 spiro atoms. The van der Waals surface area contributed by atoms with E-state index in [-0.39, 0.29) is 11.7 Å². The van der Waals surface area contributed by atoms with Crippen LogP contribution in [-0.2, 0) is 10.2 Å². The largest absolute Gasteiger partial charge is 0.389 e. The van der Waals surface area contributed by atoms with Crippen LogP contribution in [-0.4, -0.2) is 35.1 Å². The van der Waals surface area contributed by atoms with Gasteiger partial charge >= 0.3 is 0 Å². The molecule has 1 heterocycles. The quantitative estimate of drug-likeness (QED) is 0.842. The molecule has 0 unspecified atom stereocenters. The second-order valence-corrected chi connectivity index (χ2v) is 5.00. The Morgan fingerprint density at radius 3 is 2.35 bits per heavy atom. The SMILES string of the molecule is CC(C)(C(=O)N1CC(O)C1)c1ccc(F)cc1. The van der Waals surface area contributed by atoms with E-state index in [4.69, 9.17) is 0 Å². The summed E-state index contributed by atoms with van der Waals surface area (Å²) in [5.74, 6) is -0.342. The summed E-state index contributed by atoms with van der Waals surface area (Å²) in [4.78, 5) is 13.8. The van der Waals surface area contributed by atoms with Crippen LogP contribution in [0.25, 0.3) is 0 Å². The molecule has 0 radical (unpaired) electrons. The lowest BCUT2D eigenvalue weighted by atomic mass is 9.82. The van der Waals surface area contributed by atoms with E-state index >= 15 is 0 Å². The molecule has 1 aromatic rings.